The van der Waals surface area contributed by atoms with Gasteiger partial charge in [-0.3, -0.25) is 5.10 Å². The number of rotatable bonds is 8. The Morgan fingerprint density at radius 2 is 1.74 bits per heavy atom. The minimum absolute atomic E-state index is 0.243. The molecule has 1 fully saturated rings. The maximum absolute atomic E-state index is 12.0. The number of amides is 1. The summed E-state index contributed by atoms with van der Waals surface area (Å²) in [6, 6.07) is 21.4. The van der Waals surface area contributed by atoms with Gasteiger partial charge in [-0.15, -0.1) is 0 Å². The van der Waals surface area contributed by atoms with E-state index in [2.05, 4.69) is 47.6 Å². The molecule has 1 amide bonds. The summed E-state index contributed by atoms with van der Waals surface area (Å²) in [6.07, 6.45) is -0.448. The van der Waals surface area contributed by atoms with Gasteiger partial charge < -0.3 is 25.2 Å². The van der Waals surface area contributed by atoms with Crippen molar-refractivity contribution in [1.82, 2.24) is 30.4 Å². The molecule has 10 heteroatoms. The van der Waals surface area contributed by atoms with Crippen LogP contribution in [0.15, 0.2) is 66.7 Å². The summed E-state index contributed by atoms with van der Waals surface area (Å²) in [5, 5.41) is 13.6. The quantitative estimate of drug-likeness (QED) is 0.324. The Labute approximate surface area is 222 Å². The van der Waals surface area contributed by atoms with Gasteiger partial charge in [0, 0.05) is 50.4 Å². The molecule has 4 aromatic rings. The molecule has 0 radical (unpaired) electrons. The van der Waals surface area contributed by atoms with Gasteiger partial charge in [0.15, 0.2) is 0 Å². The molecule has 0 spiro atoms. The number of alkyl carbamates (subject to hydrolysis) is 1. The fourth-order valence-electron chi connectivity index (χ4n) is 4.23. The molecule has 2 aromatic heterocycles. The molecule has 38 heavy (non-hydrogen) atoms. The zero-order valence-corrected chi connectivity index (χ0v) is 21.6. The molecular weight excluding hydrogens is 480 g/mol. The minimum Gasteiger partial charge on any atom is -0.445 e. The van der Waals surface area contributed by atoms with Crippen LogP contribution in [0.3, 0.4) is 0 Å². The third kappa shape index (κ3) is 6.65. The Balaban J connectivity index is 1.15. The van der Waals surface area contributed by atoms with Gasteiger partial charge in [-0.2, -0.15) is 5.10 Å². The second-order valence-electron chi connectivity index (χ2n) is 9.35. The van der Waals surface area contributed by atoms with Crippen molar-refractivity contribution >= 4 is 23.5 Å². The highest BCUT2D eigenvalue weighted by Gasteiger charge is 2.17. The lowest BCUT2D eigenvalue weighted by Crippen LogP contribution is -2.44. The first kappa shape index (κ1) is 25.2. The molecule has 0 unspecified atom stereocenters. The van der Waals surface area contributed by atoms with E-state index in [-0.39, 0.29) is 6.61 Å². The number of carbonyl (C=O) groups is 1. The van der Waals surface area contributed by atoms with E-state index in [9.17, 15) is 4.79 Å². The van der Waals surface area contributed by atoms with Crippen LogP contribution in [0.5, 0.6) is 0 Å². The topological polar surface area (TPSA) is 111 Å². The third-order valence-corrected chi connectivity index (χ3v) is 6.39. The molecule has 3 N–H and O–H groups in total. The summed E-state index contributed by atoms with van der Waals surface area (Å²) in [5.74, 6) is 3.12. The van der Waals surface area contributed by atoms with Crippen LogP contribution in [0, 0.1) is 6.92 Å². The number of hydrogen-bond acceptors (Lipinski definition) is 8. The van der Waals surface area contributed by atoms with E-state index in [4.69, 9.17) is 4.74 Å². The van der Waals surface area contributed by atoms with Gasteiger partial charge >= 0.3 is 6.09 Å². The molecule has 10 nitrogen and oxygen atoms in total. The number of piperazine rings is 1. The van der Waals surface area contributed by atoms with E-state index in [1.165, 1.54) is 0 Å². The number of anilines is 3. The first-order valence-corrected chi connectivity index (χ1v) is 12.7. The zero-order valence-electron chi connectivity index (χ0n) is 21.6. The number of carbonyl (C=O) groups excluding carboxylic acids is 1. The maximum atomic E-state index is 12.0. The number of likely N-dealkylation sites (N-methyl/N-ethyl adjacent to an activating group) is 1. The lowest BCUT2D eigenvalue weighted by molar-refractivity contribution is 0.139. The molecule has 3 heterocycles. The SMILES string of the molecule is Cc1nc(Nc2cc(-c3ccc(CNC(=O)OCc4ccccc4)cc3)n[nH]2)cc(N2CCN(C)CC2)n1. The number of nitrogens with zero attached hydrogens (tertiary/aromatic N) is 5. The monoisotopic (exact) mass is 512 g/mol. The summed E-state index contributed by atoms with van der Waals surface area (Å²) in [5.41, 5.74) is 3.68. The van der Waals surface area contributed by atoms with E-state index in [0.717, 1.165) is 71.8 Å². The molecule has 196 valence electrons. The van der Waals surface area contributed by atoms with Crippen LogP contribution in [0.4, 0.5) is 22.2 Å². The van der Waals surface area contributed by atoms with Gasteiger partial charge in [0.1, 0.15) is 29.9 Å². The van der Waals surface area contributed by atoms with Crippen molar-refractivity contribution in [2.75, 3.05) is 43.4 Å². The van der Waals surface area contributed by atoms with E-state index in [0.29, 0.717) is 6.54 Å². The summed E-state index contributed by atoms with van der Waals surface area (Å²) < 4.78 is 5.26. The van der Waals surface area contributed by atoms with Crippen LogP contribution in [0.2, 0.25) is 0 Å². The lowest BCUT2D eigenvalue weighted by atomic mass is 10.1. The van der Waals surface area contributed by atoms with Gasteiger partial charge in [-0.05, 0) is 25.1 Å². The van der Waals surface area contributed by atoms with Crippen LogP contribution in [-0.4, -0.2) is 64.4 Å². The predicted molar refractivity (Wildman–Crippen MR) is 147 cm³/mol. The van der Waals surface area contributed by atoms with Gasteiger partial charge in [0.2, 0.25) is 0 Å². The van der Waals surface area contributed by atoms with Crippen molar-refractivity contribution in [1.29, 1.82) is 0 Å². The van der Waals surface area contributed by atoms with E-state index >= 15 is 0 Å². The van der Waals surface area contributed by atoms with Crippen molar-refractivity contribution in [2.24, 2.45) is 0 Å². The number of nitrogens with one attached hydrogen (secondary N) is 3. The zero-order chi connectivity index (χ0) is 26.3. The van der Waals surface area contributed by atoms with Crippen LogP contribution < -0.4 is 15.5 Å². The van der Waals surface area contributed by atoms with Crippen molar-refractivity contribution < 1.29 is 9.53 Å². The summed E-state index contributed by atoms with van der Waals surface area (Å²) in [6.45, 7) is 6.45. The van der Waals surface area contributed by atoms with Gasteiger partial charge in [0.25, 0.3) is 0 Å². The summed E-state index contributed by atoms with van der Waals surface area (Å²) >= 11 is 0. The lowest BCUT2D eigenvalue weighted by Gasteiger charge is -2.33. The molecule has 0 atom stereocenters. The Bertz CT molecular complexity index is 1350. The highest BCUT2D eigenvalue weighted by Crippen LogP contribution is 2.24. The maximum Gasteiger partial charge on any atom is 0.407 e. The number of aryl methyl sites for hydroxylation is 1. The number of aromatic nitrogens is 4. The fraction of sp³-hybridized carbons (Fsp3) is 0.286. The molecule has 0 bridgehead atoms. The molecule has 0 aliphatic carbocycles. The second kappa shape index (κ2) is 11.7. The Kier molecular flexibility index (Phi) is 7.79. The number of ether oxygens (including phenoxy) is 1. The standard InChI is InChI=1S/C28H32N8O2/c1-20-30-25(17-27(31-20)36-14-12-35(2)13-15-36)32-26-16-24(33-34-26)23-10-8-21(9-11-23)18-29-28(37)38-19-22-6-4-3-5-7-22/h3-11,16-17H,12-15,18-19H2,1-2H3,(H,29,37)(H2,30,31,32,33,34). The van der Waals surface area contributed by atoms with Crippen LogP contribution in [0.1, 0.15) is 17.0 Å². The predicted octanol–water partition coefficient (Wildman–Crippen LogP) is 4.10. The molecular formula is C28H32N8O2. The normalized spacial score (nSPS) is 13.8. The number of H-pyrrole nitrogens is 1. The minimum atomic E-state index is -0.448. The first-order chi connectivity index (χ1) is 18.5. The Hall–Kier alpha value is -4.44. The average molecular weight is 513 g/mol. The molecule has 1 saturated heterocycles. The second-order valence-corrected chi connectivity index (χ2v) is 9.35. The van der Waals surface area contributed by atoms with Crippen LogP contribution >= 0.6 is 0 Å². The molecule has 0 saturated carbocycles. The van der Waals surface area contributed by atoms with Gasteiger partial charge in [-0.25, -0.2) is 14.8 Å². The van der Waals surface area contributed by atoms with Crippen LogP contribution in [-0.2, 0) is 17.9 Å². The third-order valence-electron chi connectivity index (χ3n) is 6.39. The molecule has 5 rings (SSSR count). The summed E-state index contributed by atoms with van der Waals surface area (Å²) in [7, 11) is 2.14. The van der Waals surface area contributed by atoms with Crippen molar-refractivity contribution in [3.63, 3.8) is 0 Å². The summed E-state index contributed by atoms with van der Waals surface area (Å²) in [4.78, 5) is 25.8. The van der Waals surface area contributed by atoms with E-state index < -0.39 is 6.09 Å². The number of aromatic amines is 1. The fourth-order valence-corrected chi connectivity index (χ4v) is 4.23. The highest BCUT2D eigenvalue weighted by molar-refractivity contribution is 5.68. The molecule has 2 aromatic carbocycles. The Morgan fingerprint density at radius 1 is 0.974 bits per heavy atom. The average Bonchev–Trinajstić information content (AvgIpc) is 3.40. The van der Waals surface area contributed by atoms with E-state index in [1.807, 2.05) is 73.7 Å². The van der Waals surface area contributed by atoms with Crippen LogP contribution in [0.25, 0.3) is 11.3 Å². The highest BCUT2D eigenvalue weighted by atomic mass is 16.5. The number of hydrogen-bond donors (Lipinski definition) is 3. The smallest absolute Gasteiger partial charge is 0.407 e. The first-order valence-electron chi connectivity index (χ1n) is 12.7. The van der Waals surface area contributed by atoms with Crippen molar-refractivity contribution in [3.05, 3.63) is 83.7 Å². The largest absolute Gasteiger partial charge is 0.445 e. The van der Waals surface area contributed by atoms with Crippen molar-refractivity contribution in [3.8, 4) is 11.3 Å². The van der Waals surface area contributed by atoms with Gasteiger partial charge in [-0.1, -0.05) is 54.6 Å². The molecule has 1 aliphatic rings. The van der Waals surface area contributed by atoms with Gasteiger partial charge in [0.05, 0.1) is 5.69 Å². The number of benzene rings is 2. The molecule has 1 aliphatic heterocycles. The Morgan fingerprint density at radius 3 is 2.50 bits per heavy atom. The van der Waals surface area contributed by atoms with Crippen molar-refractivity contribution in [2.45, 2.75) is 20.1 Å². The van der Waals surface area contributed by atoms with E-state index in [1.54, 1.807) is 0 Å².